The number of nitrogens with zero attached hydrogens (tertiary/aromatic N) is 1. The minimum Gasteiger partial charge on any atom is -0.484 e. The molecule has 0 aliphatic carbocycles. The van der Waals surface area contributed by atoms with Crippen LogP contribution in [0.25, 0.3) is 0 Å². The van der Waals surface area contributed by atoms with Gasteiger partial charge in [-0.1, -0.05) is 30.7 Å². The van der Waals surface area contributed by atoms with Crippen molar-refractivity contribution in [2.24, 2.45) is 0 Å². The first-order valence-corrected chi connectivity index (χ1v) is 10.6. The van der Waals surface area contributed by atoms with Gasteiger partial charge in [-0.25, -0.2) is 4.39 Å². The Hall–Kier alpha value is -2.60. The summed E-state index contributed by atoms with van der Waals surface area (Å²) in [7, 11) is 0. The molecule has 0 radical (unpaired) electrons. The fourth-order valence-electron chi connectivity index (χ4n) is 3.09. The molecule has 0 bridgehead atoms. The lowest BCUT2D eigenvalue weighted by Gasteiger charge is -2.33. The molecule has 0 saturated heterocycles. The molecule has 2 aromatic carbocycles. The van der Waals surface area contributed by atoms with E-state index < -0.39 is 11.6 Å². The lowest BCUT2D eigenvalue weighted by molar-refractivity contribution is -0.143. The third-order valence-electron chi connectivity index (χ3n) is 4.64. The molecular formula is C24H30ClFN2O3. The van der Waals surface area contributed by atoms with Crippen LogP contribution in [-0.4, -0.2) is 34.9 Å². The van der Waals surface area contributed by atoms with Gasteiger partial charge in [-0.05, 0) is 75.6 Å². The highest BCUT2D eigenvalue weighted by Gasteiger charge is 2.30. The maximum atomic E-state index is 13.3. The number of carbonyl (C=O) groups is 2. The average Bonchev–Trinajstić information content (AvgIpc) is 2.68. The summed E-state index contributed by atoms with van der Waals surface area (Å²) in [5.74, 6) is -0.426. The summed E-state index contributed by atoms with van der Waals surface area (Å²) in [6.07, 6.45) is 0.425. The van der Waals surface area contributed by atoms with E-state index in [0.29, 0.717) is 17.2 Å². The summed E-state index contributed by atoms with van der Waals surface area (Å²) in [6.45, 7) is 9.28. The van der Waals surface area contributed by atoms with Crippen LogP contribution in [0.4, 0.5) is 4.39 Å². The van der Waals surface area contributed by atoms with Gasteiger partial charge in [0.15, 0.2) is 6.61 Å². The largest absolute Gasteiger partial charge is 0.484 e. The molecule has 1 N–H and O–H groups in total. The fraction of sp³-hybridized carbons (Fsp3) is 0.417. The zero-order valence-corrected chi connectivity index (χ0v) is 19.4. The first-order chi connectivity index (χ1) is 14.5. The third-order valence-corrected chi connectivity index (χ3v) is 5.07. The van der Waals surface area contributed by atoms with Gasteiger partial charge in [-0.15, -0.1) is 0 Å². The number of aryl methyl sites for hydroxylation is 1. The van der Waals surface area contributed by atoms with E-state index in [1.165, 1.54) is 17.0 Å². The van der Waals surface area contributed by atoms with Crippen LogP contribution in [0.5, 0.6) is 5.75 Å². The number of amides is 2. The second-order valence-corrected chi connectivity index (χ2v) is 8.92. The first kappa shape index (κ1) is 24.7. The van der Waals surface area contributed by atoms with Crippen molar-refractivity contribution in [2.75, 3.05) is 6.61 Å². The SMILES string of the molecule is CC[C@@H](C(=O)NC(C)(C)C)N(Cc1ccc(F)cc1)C(=O)COc1ccc(Cl)c(C)c1. The summed E-state index contributed by atoms with van der Waals surface area (Å²) in [4.78, 5) is 27.5. The number of nitrogens with one attached hydrogen (secondary N) is 1. The third kappa shape index (κ3) is 7.55. The maximum absolute atomic E-state index is 13.3. The maximum Gasteiger partial charge on any atom is 0.261 e. The standard InChI is InChI=1S/C24H30ClFN2O3/c1-6-21(23(30)27-24(3,4)5)28(14-17-7-9-18(26)10-8-17)22(29)15-31-19-11-12-20(25)16(2)13-19/h7-13,21H,6,14-15H2,1-5H3,(H,27,30)/t21-/m0/s1. The van der Waals surface area contributed by atoms with E-state index in [0.717, 1.165) is 11.1 Å². The Kier molecular flexibility index (Phi) is 8.45. The van der Waals surface area contributed by atoms with Crippen LogP contribution in [0.15, 0.2) is 42.5 Å². The van der Waals surface area contributed by atoms with Crippen LogP contribution < -0.4 is 10.1 Å². The van der Waals surface area contributed by atoms with Crippen molar-refractivity contribution in [3.8, 4) is 5.75 Å². The van der Waals surface area contributed by atoms with Crippen LogP contribution in [0.1, 0.15) is 45.2 Å². The van der Waals surface area contributed by atoms with E-state index in [1.807, 2.05) is 34.6 Å². The van der Waals surface area contributed by atoms with Gasteiger partial charge in [0.2, 0.25) is 5.91 Å². The van der Waals surface area contributed by atoms with Gasteiger partial charge in [0, 0.05) is 17.1 Å². The van der Waals surface area contributed by atoms with Crippen molar-refractivity contribution in [3.63, 3.8) is 0 Å². The van der Waals surface area contributed by atoms with Gasteiger partial charge in [0.25, 0.3) is 5.91 Å². The Labute approximate surface area is 188 Å². The normalized spacial score (nSPS) is 12.2. The molecule has 168 valence electrons. The quantitative estimate of drug-likeness (QED) is 0.625. The Morgan fingerprint density at radius 1 is 1.16 bits per heavy atom. The predicted molar refractivity (Wildman–Crippen MR) is 121 cm³/mol. The molecule has 0 saturated carbocycles. The van der Waals surface area contributed by atoms with Crippen molar-refractivity contribution in [1.29, 1.82) is 0 Å². The number of ether oxygens (including phenoxy) is 1. The van der Waals surface area contributed by atoms with Crippen molar-refractivity contribution in [2.45, 2.75) is 59.2 Å². The van der Waals surface area contributed by atoms with E-state index in [1.54, 1.807) is 30.3 Å². The minimum atomic E-state index is -0.688. The molecule has 0 aliphatic heterocycles. The molecule has 0 spiro atoms. The van der Waals surface area contributed by atoms with Gasteiger partial charge < -0.3 is 15.0 Å². The number of rotatable bonds is 8. The second-order valence-electron chi connectivity index (χ2n) is 8.51. The lowest BCUT2D eigenvalue weighted by Crippen LogP contribution is -2.54. The number of halogens is 2. The van der Waals surface area contributed by atoms with Crippen LogP contribution in [-0.2, 0) is 16.1 Å². The zero-order chi connectivity index (χ0) is 23.2. The lowest BCUT2D eigenvalue weighted by atomic mass is 10.1. The Morgan fingerprint density at radius 3 is 2.35 bits per heavy atom. The highest BCUT2D eigenvalue weighted by Crippen LogP contribution is 2.21. The molecule has 7 heteroatoms. The molecule has 0 unspecified atom stereocenters. The Balaban J connectivity index is 2.23. The summed E-state index contributed by atoms with van der Waals surface area (Å²) in [6, 6.07) is 10.3. The van der Waals surface area contributed by atoms with Crippen LogP contribution in [0.2, 0.25) is 5.02 Å². The van der Waals surface area contributed by atoms with Gasteiger partial charge in [-0.2, -0.15) is 0 Å². The number of hydrogen-bond donors (Lipinski definition) is 1. The highest BCUT2D eigenvalue weighted by molar-refractivity contribution is 6.31. The highest BCUT2D eigenvalue weighted by atomic mass is 35.5. The molecule has 2 aromatic rings. The number of benzene rings is 2. The minimum absolute atomic E-state index is 0.165. The number of hydrogen-bond acceptors (Lipinski definition) is 3. The number of carbonyl (C=O) groups excluding carboxylic acids is 2. The Morgan fingerprint density at radius 2 is 1.81 bits per heavy atom. The van der Waals surface area contributed by atoms with E-state index in [9.17, 15) is 14.0 Å². The molecule has 0 aliphatic rings. The van der Waals surface area contributed by atoms with Gasteiger partial charge in [0.1, 0.15) is 17.6 Å². The van der Waals surface area contributed by atoms with E-state index >= 15 is 0 Å². The van der Waals surface area contributed by atoms with Crippen molar-refractivity contribution >= 4 is 23.4 Å². The molecule has 5 nitrogen and oxygen atoms in total. The van der Waals surface area contributed by atoms with Gasteiger partial charge >= 0.3 is 0 Å². The monoisotopic (exact) mass is 448 g/mol. The molecule has 1 atom stereocenters. The molecule has 2 rings (SSSR count). The topological polar surface area (TPSA) is 58.6 Å². The molecule has 0 fully saturated rings. The smallest absolute Gasteiger partial charge is 0.261 e. The van der Waals surface area contributed by atoms with Crippen LogP contribution >= 0.6 is 11.6 Å². The van der Waals surface area contributed by atoms with E-state index in [2.05, 4.69) is 5.32 Å². The van der Waals surface area contributed by atoms with Crippen molar-refractivity contribution in [3.05, 3.63) is 64.4 Å². The van der Waals surface area contributed by atoms with Crippen LogP contribution in [0.3, 0.4) is 0 Å². The molecule has 31 heavy (non-hydrogen) atoms. The van der Waals surface area contributed by atoms with E-state index in [4.69, 9.17) is 16.3 Å². The molecule has 0 aromatic heterocycles. The fourth-order valence-corrected chi connectivity index (χ4v) is 3.21. The predicted octanol–water partition coefficient (Wildman–Crippen LogP) is 4.89. The molecule has 2 amide bonds. The summed E-state index contributed by atoms with van der Waals surface area (Å²) >= 11 is 6.04. The summed E-state index contributed by atoms with van der Waals surface area (Å²) in [5, 5.41) is 3.55. The van der Waals surface area contributed by atoms with E-state index in [-0.39, 0.29) is 30.8 Å². The van der Waals surface area contributed by atoms with Crippen molar-refractivity contribution < 1.29 is 18.7 Å². The summed E-state index contributed by atoms with van der Waals surface area (Å²) < 4.78 is 19.0. The van der Waals surface area contributed by atoms with Gasteiger partial charge in [0.05, 0.1) is 0 Å². The molecule has 0 heterocycles. The van der Waals surface area contributed by atoms with Crippen LogP contribution in [0, 0.1) is 12.7 Å². The Bertz CT molecular complexity index is 910. The molecular weight excluding hydrogens is 419 g/mol. The second kappa shape index (κ2) is 10.6. The first-order valence-electron chi connectivity index (χ1n) is 10.2. The average molecular weight is 449 g/mol. The zero-order valence-electron chi connectivity index (χ0n) is 18.7. The van der Waals surface area contributed by atoms with Crippen molar-refractivity contribution in [1.82, 2.24) is 10.2 Å². The summed E-state index contributed by atoms with van der Waals surface area (Å²) in [5.41, 5.74) is 1.12. The van der Waals surface area contributed by atoms with Gasteiger partial charge in [-0.3, -0.25) is 9.59 Å².